The molecule has 0 fully saturated rings. The molecule has 0 unspecified atom stereocenters. The standard InChI is InChI=1S/C12H10N4O3/c17-12(15-11-6-1-2-7-13-11)14-9-4-3-5-10(8-9)16(18)19/h1-8H,(H2,13,14,15,17). The Morgan fingerprint density at radius 1 is 1.16 bits per heavy atom. The highest BCUT2D eigenvalue weighted by Crippen LogP contribution is 2.17. The van der Waals surface area contributed by atoms with Gasteiger partial charge >= 0.3 is 6.03 Å². The van der Waals surface area contributed by atoms with Crippen molar-refractivity contribution in [1.82, 2.24) is 4.98 Å². The SMILES string of the molecule is O=C(Nc1cccc([N+](=O)[O-])c1)Nc1ccccn1. The first-order valence-corrected chi connectivity index (χ1v) is 5.38. The highest BCUT2D eigenvalue weighted by atomic mass is 16.6. The number of nitro benzene ring substituents is 1. The smallest absolute Gasteiger partial charge is 0.307 e. The van der Waals surface area contributed by atoms with Crippen molar-refractivity contribution in [2.24, 2.45) is 0 Å². The summed E-state index contributed by atoms with van der Waals surface area (Å²) in [5, 5.41) is 15.6. The van der Waals surface area contributed by atoms with E-state index in [0.717, 1.165) is 0 Å². The van der Waals surface area contributed by atoms with Gasteiger partial charge in [-0.2, -0.15) is 0 Å². The second-order valence-corrected chi connectivity index (χ2v) is 3.60. The van der Waals surface area contributed by atoms with Gasteiger partial charge in [0.05, 0.1) is 4.92 Å². The molecule has 2 amide bonds. The molecule has 1 aromatic heterocycles. The van der Waals surface area contributed by atoms with Gasteiger partial charge in [0.2, 0.25) is 0 Å². The third-order valence-electron chi connectivity index (χ3n) is 2.22. The van der Waals surface area contributed by atoms with Crippen LogP contribution < -0.4 is 10.6 Å². The fourth-order valence-corrected chi connectivity index (χ4v) is 1.41. The molecule has 19 heavy (non-hydrogen) atoms. The Labute approximate surface area is 108 Å². The molecule has 0 bridgehead atoms. The van der Waals surface area contributed by atoms with E-state index in [1.165, 1.54) is 18.2 Å². The number of hydrogen-bond donors (Lipinski definition) is 2. The lowest BCUT2D eigenvalue weighted by atomic mass is 10.3. The fraction of sp³-hybridized carbons (Fsp3) is 0. The van der Waals surface area contributed by atoms with Crippen LogP contribution in [0.5, 0.6) is 0 Å². The summed E-state index contributed by atoms with van der Waals surface area (Å²) in [7, 11) is 0. The van der Waals surface area contributed by atoms with Gasteiger partial charge in [-0.3, -0.25) is 15.4 Å². The molecule has 0 saturated heterocycles. The summed E-state index contributed by atoms with van der Waals surface area (Å²) in [5.41, 5.74) is 0.248. The van der Waals surface area contributed by atoms with Crippen LogP contribution in [0.25, 0.3) is 0 Å². The Hall–Kier alpha value is -2.96. The van der Waals surface area contributed by atoms with E-state index in [2.05, 4.69) is 15.6 Å². The van der Waals surface area contributed by atoms with Gasteiger partial charge in [-0.25, -0.2) is 9.78 Å². The molecular formula is C12H10N4O3. The lowest BCUT2D eigenvalue weighted by molar-refractivity contribution is -0.384. The maximum absolute atomic E-state index is 11.6. The first kappa shape index (κ1) is 12.5. The highest BCUT2D eigenvalue weighted by Gasteiger charge is 2.08. The summed E-state index contributed by atoms with van der Waals surface area (Å²) in [5.74, 6) is 0.394. The van der Waals surface area contributed by atoms with Gasteiger partial charge in [-0.15, -0.1) is 0 Å². The van der Waals surface area contributed by atoms with E-state index in [0.29, 0.717) is 11.5 Å². The number of amides is 2. The number of nitro groups is 1. The number of nitrogens with one attached hydrogen (secondary N) is 2. The second-order valence-electron chi connectivity index (χ2n) is 3.60. The number of carbonyl (C=O) groups excluding carboxylic acids is 1. The first-order valence-electron chi connectivity index (χ1n) is 5.38. The molecule has 7 nitrogen and oxygen atoms in total. The van der Waals surface area contributed by atoms with Crippen LogP contribution in [-0.4, -0.2) is 15.9 Å². The largest absolute Gasteiger partial charge is 0.324 e. The molecule has 2 rings (SSSR count). The fourth-order valence-electron chi connectivity index (χ4n) is 1.41. The number of nitrogens with zero attached hydrogens (tertiary/aromatic N) is 2. The van der Waals surface area contributed by atoms with E-state index >= 15 is 0 Å². The number of carbonyl (C=O) groups is 1. The summed E-state index contributed by atoms with van der Waals surface area (Å²) in [4.78, 5) is 25.6. The molecule has 2 N–H and O–H groups in total. The molecule has 1 aromatic carbocycles. The number of rotatable bonds is 3. The molecule has 0 aliphatic heterocycles. The van der Waals surface area contributed by atoms with Crippen molar-refractivity contribution in [3.63, 3.8) is 0 Å². The van der Waals surface area contributed by atoms with Gasteiger partial charge in [0, 0.05) is 24.0 Å². The topological polar surface area (TPSA) is 97.2 Å². The Morgan fingerprint density at radius 3 is 2.68 bits per heavy atom. The van der Waals surface area contributed by atoms with Crippen molar-refractivity contribution < 1.29 is 9.72 Å². The van der Waals surface area contributed by atoms with Crippen LogP contribution in [-0.2, 0) is 0 Å². The lowest BCUT2D eigenvalue weighted by Crippen LogP contribution is -2.19. The Bertz CT molecular complexity index is 601. The van der Waals surface area contributed by atoms with E-state index in [9.17, 15) is 14.9 Å². The maximum atomic E-state index is 11.6. The molecule has 1 heterocycles. The highest BCUT2D eigenvalue weighted by molar-refractivity contribution is 5.99. The Morgan fingerprint density at radius 2 is 2.00 bits per heavy atom. The van der Waals surface area contributed by atoms with Crippen LogP contribution in [0.4, 0.5) is 22.0 Å². The molecule has 0 spiro atoms. The normalized spacial score (nSPS) is 9.68. The van der Waals surface area contributed by atoms with E-state index in [1.54, 1.807) is 30.5 Å². The number of aromatic nitrogens is 1. The van der Waals surface area contributed by atoms with Gasteiger partial charge in [0.1, 0.15) is 5.82 Å². The molecule has 0 saturated carbocycles. The number of pyridine rings is 1. The lowest BCUT2D eigenvalue weighted by Gasteiger charge is -2.06. The summed E-state index contributed by atoms with van der Waals surface area (Å²) in [6.45, 7) is 0. The van der Waals surface area contributed by atoms with E-state index in [1.807, 2.05) is 0 Å². The minimum Gasteiger partial charge on any atom is -0.307 e. The maximum Gasteiger partial charge on any atom is 0.324 e. The second kappa shape index (κ2) is 5.58. The third kappa shape index (κ3) is 3.50. The van der Waals surface area contributed by atoms with Crippen LogP contribution in [0.15, 0.2) is 48.7 Å². The zero-order valence-corrected chi connectivity index (χ0v) is 9.74. The van der Waals surface area contributed by atoms with Gasteiger partial charge in [0.15, 0.2) is 0 Å². The van der Waals surface area contributed by atoms with Crippen LogP contribution in [0.1, 0.15) is 0 Å². The number of non-ortho nitro benzene ring substituents is 1. The monoisotopic (exact) mass is 258 g/mol. The summed E-state index contributed by atoms with van der Waals surface area (Å²) < 4.78 is 0. The number of anilines is 2. The number of hydrogen-bond acceptors (Lipinski definition) is 4. The van der Waals surface area contributed by atoms with Crippen molar-refractivity contribution >= 4 is 23.2 Å². The predicted molar refractivity (Wildman–Crippen MR) is 70.0 cm³/mol. The van der Waals surface area contributed by atoms with E-state index in [-0.39, 0.29) is 5.69 Å². The van der Waals surface area contributed by atoms with Gasteiger partial charge < -0.3 is 5.32 Å². The minimum atomic E-state index is -0.526. The molecular weight excluding hydrogens is 248 g/mol. The molecule has 0 atom stereocenters. The Balaban J connectivity index is 2.03. The van der Waals surface area contributed by atoms with Crippen molar-refractivity contribution in [3.05, 3.63) is 58.8 Å². The summed E-state index contributed by atoms with van der Waals surface area (Å²) >= 11 is 0. The summed E-state index contributed by atoms with van der Waals surface area (Å²) in [6, 6.07) is 10.3. The average molecular weight is 258 g/mol. The van der Waals surface area contributed by atoms with Crippen molar-refractivity contribution in [1.29, 1.82) is 0 Å². The van der Waals surface area contributed by atoms with Crippen molar-refractivity contribution in [2.45, 2.75) is 0 Å². The third-order valence-corrected chi connectivity index (χ3v) is 2.22. The number of urea groups is 1. The molecule has 7 heteroatoms. The van der Waals surface area contributed by atoms with Crippen molar-refractivity contribution in [3.8, 4) is 0 Å². The van der Waals surface area contributed by atoms with Gasteiger partial charge in [-0.1, -0.05) is 12.1 Å². The van der Waals surface area contributed by atoms with E-state index in [4.69, 9.17) is 0 Å². The molecule has 0 radical (unpaired) electrons. The first-order chi connectivity index (χ1) is 9.15. The van der Waals surface area contributed by atoms with Crippen molar-refractivity contribution in [2.75, 3.05) is 10.6 Å². The average Bonchev–Trinajstić information content (AvgIpc) is 2.40. The zero-order chi connectivity index (χ0) is 13.7. The predicted octanol–water partition coefficient (Wildman–Crippen LogP) is 2.63. The minimum absolute atomic E-state index is 0.0874. The zero-order valence-electron chi connectivity index (χ0n) is 9.74. The van der Waals surface area contributed by atoms with Crippen LogP contribution in [0, 0.1) is 10.1 Å². The van der Waals surface area contributed by atoms with Gasteiger partial charge in [-0.05, 0) is 18.2 Å². The molecule has 96 valence electrons. The van der Waals surface area contributed by atoms with Crippen LogP contribution in [0.3, 0.4) is 0 Å². The van der Waals surface area contributed by atoms with Crippen LogP contribution >= 0.6 is 0 Å². The number of benzene rings is 1. The van der Waals surface area contributed by atoms with Gasteiger partial charge in [0.25, 0.3) is 5.69 Å². The quantitative estimate of drug-likeness (QED) is 0.653. The molecule has 0 aliphatic carbocycles. The molecule has 0 aliphatic rings. The Kier molecular flexibility index (Phi) is 3.67. The molecule has 2 aromatic rings. The summed E-state index contributed by atoms with van der Waals surface area (Å²) in [6.07, 6.45) is 1.54. The van der Waals surface area contributed by atoms with Crippen LogP contribution in [0.2, 0.25) is 0 Å². The van der Waals surface area contributed by atoms with E-state index < -0.39 is 11.0 Å².